The largest absolute Gasteiger partial charge is 0.360 e. The fraction of sp³-hybridized carbons (Fsp3) is 0.364. The average Bonchev–Trinajstić information content (AvgIpc) is 3.40. The zero-order chi connectivity index (χ0) is 20.9. The molecule has 4 rings (SSSR count). The number of halogens is 1. The van der Waals surface area contributed by atoms with Crippen LogP contribution in [-0.4, -0.2) is 53.6 Å². The summed E-state index contributed by atoms with van der Waals surface area (Å²) in [6.07, 6.45) is 0. The number of amides is 1. The van der Waals surface area contributed by atoms with E-state index >= 15 is 0 Å². The molecule has 1 aliphatic rings. The van der Waals surface area contributed by atoms with Crippen molar-refractivity contribution >= 4 is 17.2 Å². The third-order valence-corrected chi connectivity index (χ3v) is 6.16. The first kappa shape index (κ1) is 20.7. The topological polar surface area (TPSA) is 61.6 Å². The lowest BCUT2D eigenvalue weighted by Gasteiger charge is -2.34. The van der Waals surface area contributed by atoms with Crippen LogP contribution in [0.3, 0.4) is 0 Å². The van der Waals surface area contributed by atoms with Gasteiger partial charge in [0.25, 0.3) is 0 Å². The van der Waals surface area contributed by atoms with Crippen molar-refractivity contribution in [2.45, 2.75) is 19.5 Å². The molecule has 3 heterocycles. The quantitative estimate of drug-likeness (QED) is 0.626. The van der Waals surface area contributed by atoms with E-state index < -0.39 is 0 Å². The Morgan fingerprint density at radius 1 is 1.20 bits per heavy atom. The molecule has 1 aromatic carbocycles. The molecule has 8 heteroatoms. The van der Waals surface area contributed by atoms with Gasteiger partial charge in [-0.15, -0.1) is 11.3 Å². The van der Waals surface area contributed by atoms with Crippen LogP contribution < -0.4 is 5.32 Å². The number of hydrogen-bond acceptors (Lipinski definition) is 6. The van der Waals surface area contributed by atoms with Gasteiger partial charge in [0.15, 0.2) is 5.76 Å². The zero-order valence-electron chi connectivity index (χ0n) is 16.9. The Balaban J connectivity index is 1.31. The van der Waals surface area contributed by atoms with Gasteiger partial charge in [0.1, 0.15) is 5.82 Å². The van der Waals surface area contributed by atoms with Gasteiger partial charge >= 0.3 is 0 Å². The lowest BCUT2D eigenvalue weighted by atomic mass is 10.1. The summed E-state index contributed by atoms with van der Waals surface area (Å²) in [5, 5.41) is 9.04. The average molecular weight is 429 g/mol. The van der Waals surface area contributed by atoms with Gasteiger partial charge in [-0.2, -0.15) is 0 Å². The second kappa shape index (κ2) is 9.51. The van der Waals surface area contributed by atoms with E-state index in [9.17, 15) is 9.18 Å². The highest BCUT2D eigenvalue weighted by molar-refractivity contribution is 7.10. The number of aromatic nitrogens is 1. The van der Waals surface area contributed by atoms with Crippen molar-refractivity contribution in [1.29, 1.82) is 0 Å². The summed E-state index contributed by atoms with van der Waals surface area (Å²) < 4.78 is 18.6. The highest BCUT2D eigenvalue weighted by Gasteiger charge is 2.23. The maximum absolute atomic E-state index is 13.3. The molecule has 0 saturated carbocycles. The molecular formula is C22H25FN4O2S. The van der Waals surface area contributed by atoms with Gasteiger partial charge in [0.2, 0.25) is 5.91 Å². The van der Waals surface area contributed by atoms with E-state index in [0.717, 1.165) is 54.6 Å². The molecule has 3 aromatic rings. The molecule has 1 saturated heterocycles. The number of carbonyl (C=O) groups is 1. The van der Waals surface area contributed by atoms with Crippen molar-refractivity contribution in [1.82, 2.24) is 20.3 Å². The zero-order valence-corrected chi connectivity index (χ0v) is 17.7. The van der Waals surface area contributed by atoms with Crippen molar-refractivity contribution in [2.75, 3.05) is 32.7 Å². The maximum atomic E-state index is 13.3. The maximum Gasteiger partial charge on any atom is 0.234 e. The summed E-state index contributed by atoms with van der Waals surface area (Å²) in [7, 11) is 0. The summed E-state index contributed by atoms with van der Waals surface area (Å²) >= 11 is 1.58. The molecule has 6 nitrogen and oxygen atoms in total. The van der Waals surface area contributed by atoms with Gasteiger partial charge in [-0.1, -0.05) is 23.4 Å². The van der Waals surface area contributed by atoms with Gasteiger partial charge < -0.3 is 9.84 Å². The first-order valence-corrected chi connectivity index (χ1v) is 10.9. The highest BCUT2D eigenvalue weighted by atomic mass is 32.1. The SMILES string of the molecule is Cc1cc(CN2CCN(CC(=O)NC(c3ccc(F)cc3)c3cccs3)CC2)on1. The first-order valence-electron chi connectivity index (χ1n) is 10.0. The number of nitrogens with zero attached hydrogens (tertiary/aromatic N) is 3. The van der Waals surface area contributed by atoms with Crippen LogP contribution in [0.2, 0.25) is 0 Å². The summed E-state index contributed by atoms with van der Waals surface area (Å²) in [4.78, 5) is 18.3. The lowest BCUT2D eigenvalue weighted by Crippen LogP contribution is -2.49. The van der Waals surface area contributed by atoms with Crippen LogP contribution in [0.5, 0.6) is 0 Å². The minimum atomic E-state index is -0.284. The second-order valence-electron chi connectivity index (χ2n) is 7.55. The third-order valence-electron chi connectivity index (χ3n) is 5.22. The number of carbonyl (C=O) groups excluding carboxylic acids is 1. The van der Waals surface area contributed by atoms with Crippen molar-refractivity contribution in [3.05, 3.63) is 75.6 Å². The fourth-order valence-electron chi connectivity index (χ4n) is 3.66. The Bertz CT molecular complexity index is 950. The third kappa shape index (κ3) is 5.33. The van der Waals surface area contributed by atoms with E-state index in [0.29, 0.717) is 6.54 Å². The monoisotopic (exact) mass is 428 g/mol. The van der Waals surface area contributed by atoms with E-state index in [1.165, 1.54) is 12.1 Å². The minimum Gasteiger partial charge on any atom is -0.360 e. The molecule has 2 aromatic heterocycles. The lowest BCUT2D eigenvalue weighted by molar-refractivity contribution is -0.123. The fourth-order valence-corrected chi connectivity index (χ4v) is 4.46. The van der Waals surface area contributed by atoms with Crippen LogP contribution in [0.15, 0.2) is 52.4 Å². The summed E-state index contributed by atoms with van der Waals surface area (Å²) in [5.74, 6) is 0.558. The summed E-state index contributed by atoms with van der Waals surface area (Å²) in [5.41, 5.74) is 1.76. The van der Waals surface area contributed by atoms with Crippen LogP contribution >= 0.6 is 11.3 Å². The standard InChI is InChI=1S/C22H25FN4O2S/c1-16-13-19(29-25-16)14-26-8-10-27(11-9-26)15-21(28)24-22(20-3-2-12-30-20)17-4-6-18(23)7-5-17/h2-7,12-13,22H,8-11,14-15H2,1H3,(H,24,28). The molecule has 0 bridgehead atoms. The van der Waals surface area contributed by atoms with Crippen LogP contribution in [0.4, 0.5) is 4.39 Å². The van der Waals surface area contributed by atoms with Crippen LogP contribution in [0, 0.1) is 12.7 Å². The van der Waals surface area contributed by atoms with E-state index in [4.69, 9.17) is 4.52 Å². The van der Waals surface area contributed by atoms with Crippen LogP contribution in [-0.2, 0) is 11.3 Å². The second-order valence-corrected chi connectivity index (χ2v) is 8.53. The number of nitrogens with one attached hydrogen (secondary N) is 1. The van der Waals surface area contributed by atoms with Crippen LogP contribution in [0.1, 0.15) is 27.9 Å². The molecule has 1 unspecified atom stereocenters. The predicted octanol–water partition coefficient (Wildman–Crippen LogP) is 3.21. The van der Waals surface area contributed by atoms with Crippen molar-refractivity contribution in [3.63, 3.8) is 0 Å². The first-order chi connectivity index (χ1) is 14.6. The molecule has 158 valence electrons. The molecule has 1 amide bonds. The normalized spacial score (nSPS) is 16.5. The molecule has 0 radical (unpaired) electrons. The Hall–Kier alpha value is -2.55. The summed E-state index contributed by atoms with van der Waals surface area (Å²) in [6.45, 7) is 6.39. The number of hydrogen-bond donors (Lipinski definition) is 1. The predicted molar refractivity (Wildman–Crippen MR) is 114 cm³/mol. The minimum absolute atomic E-state index is 0.0305. The van der Waals surface area contributed by atoms with E-state index in [1.807, 2.05) is 30.5 Å². The van der Waals surface area contributed by atoms with Crippen molar-refractivity contribution < 1.29 is 13.7 Å². The van der Waals surface area contributed by atoms with Gasteiger partial charge in [0, 0.05) is 37.1 Å². The molecule has 30 heavy (non-hydrogen) atoms. The number of piperazine rings is 1. The van der Waals surface area contributed by atoms with Crippen LogP contribution in [0.25, 0.3) is 0 Å². The molecule has 1 aliphatic heterocycles. The molecule has 1 fully saturated rings. The molecule has 0 aliphatic carbocycles. The number of thiophene rings is 1. The molecule has 1 N–H and O–H groups in total. The van der Waals surface area contributed by atoms with E-state index in [-0.39, 0.29) is 17.8 Å². The number of aryl methyl sites for hydroxylation is 1. The highest BCUT2D eigenvalue weighted by Crippen LogP contribution is 2.26. The number of benzene rings is 1. The summed E-state index contributed by atoms with van der Waals surface area (Å²) in [6, 6.07) is 11.9. The molecule has 0 spiro atoms. The Morgan fingerprint density at radius 3 is 2.57 bits per heavy atom. The van der Waals surface area contributed by atoms with E-state index in [1.54, 1.807) is 23.5 Å². The Labute approximate surface area is 179 Å². The number of rotatable bonds is 7. The van der Waals surface area contributed by atoms with Gasteiger partial charge in [-0.05, 0) is 36.1 Å². The molecule has 1 atom stereocenters. The van der Waals surface area contributed by atoms with Gasteiger partial charge in [-0.25, -0.2) is 4.39 Å². The van der Waals surface area contributed by atoms with E-state index in [2.05, 4.69) is 20.3 Å². The van der Waals surface area contributed by atoms with Gasteiger partial charge in [-0.3, -0.25) is 14.6 Å². The van der Waals surface area contributed by atoms with Crippen molar-refractivity contribution in [2.24, 2.45) is 0 Å². The smallest absolute Gasteiger partial charge is 0.234 e. The molecular weight excluding hydrogens is 403 g/mol. The van der Waals surface area contributed by atoms with Crippen molar-refractivity contribution in [3.8, 4) is 0 Å². The van der Waals surface area contributed by atoms with Gasteiger partial charge in [0.05, 0.1) is 24.8 Å². The Kier molecular flexibility index (Phi) is 6.56. The Morgan fingerprint density at radius 2 is 1.93 bits per heavy atom.